The van der Waals surface area contributed by atoms with Crippen molar-refractivity contribution in [2.45, 2.75) is 38.9 Å². The van der Waals surface area contributed by atoms with E-state index in [9.17, 15) is 4.57 Å². The summed E-state index contributed by atoms with van der Waals surface area (Å²) in [6, 6.07) is 7.13. The van der Waals surface area contributed by atoms with E-state index in [-0.39, 0.29) is 0 Å². The summed E-state index contributed by atoms with van der Waals surface area (Å²) in [5, 5.41) is 0.486. The highest BCUT2D eigenvalue weighted by molar-refractivity contribution is 7.62. The van der Waals surface area contributed by atoms with Crippen molar-refractivity contribution in [3.8, 4) is 0 Å². The van der Waals surface area contributed by atoms with Gasteiger partial charge in [0.25, 0.3) is 0 Å². The molecule has 21 heavy (non-hydrogen) atoms. The Morgan fingerprint density at radius 3 is 2.05 bits per heavy atom. The maximum Gasteiger partial charge on any atom is 0.494 e. The Kier molecular flexibility index (Phi) is 4.40. The first-order valence-electron chi connectivity index (χ1n) is 6.83. The lowest BCUT2D eigenvalue weighted by atomic mass is 9.79. The van der Waals surface area contributed by atoms with E-state index in [1.54, 1.807) is 18.2 Å². The Morgan fingerprint density at radius 1 is 1.05 bits per heavy atom. The van der Waals surface area contributed by atoms with Gasteiger partial charge in [0.15, 0.2) is 0 Å². The first-order chi connectivity index (χ1) is 9.65. The van der Waals surface area contributed by atoms with Gasteiger partial charge in [-0.25, -0.2) is 0 Å². The second-order valence-corrected chi connectivity index (χ2v) is 8.29. The number of benzene rings is 1. The first-order valence-corrected chi connectivity index (χ1v) is 8.37. The van der Waals surface area contributed by atoms with Crippen LogP contribution in [-0.4, -0.2) is 32.5 Å². The zero-order valence-corrected chi connectivity index (χ0v) is 14.3. The van der Waals surface area contributed by atoms with Crippen LogP contribution in [0.2, 0.25) is 0 Å². The first kappa shape index (κ1) is 16.7. The number of rotatable bonds is 4. The molecule has 0 radical (unpaired) electrons. The van der Waals surface area contributed by atoms with Crippen LogP contribution in [0.25, 0.3) is 0 Å². The van der Waals surface area contributed by atoms with E-state index in [1.165, 1.54) is 14.2 Å². The second-order valence-electron chi connectivity index (χ2n) is 6.05. The van der Waals surface area contributed by atoms with Gasteiger partial charge in [-0.15, -0.1) is 0 Å². The van der Waals surface area contributed by atoms with Crippen LogP contribution in [0.3, 0.4) is 0 Å². The third-order valence-corrected chi connectivity index (χ3v) is 6.06. The Labute approximate surface area is 126 Å². The lowest BCUT2D eigenvalue weighted by molar-refractivity contribution is 0.00578. The molecule has 0 bridgehead atoms. The molecule has 0 aromatic heterocycles. The van der Waals surface area contributed by atoms with Crippen LogP contribution >= 0.6 is 7.60 Å². The molecule has 116 valence electrons. The normalized spacial score (nSPS) is 20.8. The van der Waals surface area contributed by atoms with E-state index in [2.05, 4.69) is 0 Å². The molecule has 0 aliphatic carbocycles. The van der Waals surface area contributed by atoms with Gasteiger partial charge >= 0.3 is 14.7 Å². The van der Waals surface area contributed by atoms with Crippen molar-refractivity contribution in [2.75, 3.05) is 14.2 Å². The van der Waals surface area contributed by atoms with Crippen molar-refractivity contribution in [1.29, 1.82) is 0 Å². The largest absolute Gasteiger partial charge is 0.494 e. The molecule has 2 rings (SSSR count). The fraction of sp³-hybridized carbons (Fsp3) is 0.571. The van der Waals surface area contributed by atoms with Gasteiger partial charge in [0.1, 0.15) is 0 Å². The van der Waals surface area contributed by atoms with E-state index in [1.807, 2.05) is 33.8 Å². The SMILES string of the molecule is COP(=O)(OC)c1cccc(B2OC(C)(C)C(C)(C)O2)c1. The Bertz CT molecular complexity index is 548. The molecule has 1 saturated heterocycles. The van der Waals surface area contributed by atoms with E-state index in [0.29, 0.717) is 5.30 Å². The van der Waals surface area contributed by atoms with Crippen LogP contribution in [0.4, 0.5) is 0 Å². The smallest absolute Gasteiger partial charge is 0.399 e. The molecule has 5 nitrogen and oxygen atoms in total. The molecule has 1 aliphatic rings. The standard InChI is InChI=1S/C14H22BO5P/c1-13(2)14(3,4)20-15(19-13)11-8-7-9-12(10-11)21(16,17-5)18-6/h7-10H,1-6H3. The summed E-state index contributed by atoms with van der Waals surface area (Å²) in [6.07, 6.45) is 0. The average molecular weight is 312 g/mol. The van der Waals surface area contributed by atoms with Gasteiger partial charge in [-0.2, -0.15) is 0 Å². The lowest BCUT2D eigenvalue weighted by Crippen LogP contribution is -2.41. The summed E-state index contributed by atoms with van der Waals surface area (Å²) >= 11 is 0. The highest BCUT2D eigenvalue weighted by Gasteiger charge is 2.51. The maximum absolute atomic E-state index is 12.4. The molecule has 7 heteroatoms. The molecule has 1 aromatic carbocycles. The summed E-state index contributed by atoms with van der Waals surface area (Å²) < 4.78 is 34.5. The molecule has 0 amide bonds. The minimum absolute atomic E-state index is 0.417. The summed E-state index contributed by atoms with van der Waals surface area (Å²) in [5.74, 6) is 0. The van der Waals surface area contributed by atoms with Gasteiger partial charge in [0.2, 0.25) is 0 Å². The van der Waals surface area contributed by atoms with Crippen LogP contribution in [0.15, 0.2) is 24.3 Å². The molecule has 1 heterocycles. The van der Waals surface area contributed by atoms with Gasteiger partial charge in [-0.1, -0.05) is 12.1 Å². The molecule has 0 saturated carbocycles. The van der Waals surface area contributed by atoms with Crippen LogP contribution < -0.4 is 10.8 Å². The van der Waals surface area contributed by atoms with Gasteiger partial charge in [-0.3, -0.25) is 4.57 Å². The van der Waals surface area contributed by atoms with Crippen molar-refractivity contribution in [3.63, 3.8) is 0 Å². The average Bonchev–Trinajstić information content (AvgIpc) is 2.67. The van der Waals surface area contributed by atoms with E-state index in [0.717, 1.165) is 5.46 Å². The number of hydrogen-bond acceptors (Lipinski definition) is 5. The van der Waals surface area contributed by atoms with Gasteiger partial charge < -0.3 is 18.4 Å². The fourth-order valence-corrected chi connectivity index (χ4v) is 3.25. The highest BCUT2D eigenvalue weighted by atomic mass is 31.2. The Hall–Kier alpha value is -0.645. The number of hydrogen-bond donors (Lipinski definition) is 0. The van der Waals surface area contributed by atoms with E-state index >= 15 is 0 Å². The molecule has 0 spiro atoms. The predicted octanol–water partition coefficient (Wildman–Crippen LogP) is 2.10. The van der Waals surface area contributed by atoms with Crippen molar-refractivity contribution >= 4 is 25.5 Å². The van der Waals surface area contributed by atoms with Crippen molar-refractivity contribution in [1.82, 2.24) is 0 Å². The molecule has 0 atom stereocenters. The van der Waals surface area contributed by atoms with Crippen LogP contribution in [0, 0.1) is 0 Å². The zero-order chi connectivity index (χ0) is 15.9. The molecule has 1 aliphatic heterocycles. The third kappa shape index (κ3) is 2.96. The van der Waals surface area contributed by atoms with E-state index < -0.39 is 25.9 Å². The second kappa shape index (κ2) is 5.52. The fourth-order valence-electron chi connectivity index (χ4n) is 2.11. The summed E-state index contributed by atoms with van der Waals surface area (Å²) in [4.78, 5) is 0. The Balaban J connectivity index is 2.34. The molecular weight excluding hydrogens is 290 g/mol. The van der Waals surface area contributed by atoms with Gasteiger partial charge in [-0.05, 0) is 45.3 Å². The minimum Gasteiger partial charge on any atom is -0.399 e. The summed E-state index contributed by atoms with van der Waals surface area (Å²) in [6.45, 7) is 7.97. The third-order valence-electron chi connectivity index (χ3n) is 4.19. The van der Waals surface area contributed by atoms with Crippen LogP contribution in [0.1, 0.15) is 27.7 Å². The van der Waals surface area contributed by atoms with Crippen molar-refractivity contribution < 1.29 is 22.9 Å². The lowest BCUT2D eigenvalue weighted by Gasteiger charge is -2.32. The van der Waals surface area contributed by atoms with Crippen molar-refractivity contribution in [2.24, 2.45) is 0 Å². The minimum atomic E-state index is -3.28. The van der Waals surface area contributed by atoms with Gasteiger partial charge in [0, 0.05) is 14.2 Å². The monoisotopic (exact) mass is 312 g/mol. The zero-order valence-electron chi connectivity index (χ0n) is 13.4. The summed E-state index contributed by atoms with van der Waals surface area (Å²) in [5.41, 5.74) is -0.0415. The Morgan fingerprint density at radius 2 is 1.57 bits per heavy atom. The van der Waals surface area contributed by atoms with Crippen LogP contribution in [0.5, 0.6) is 0 Å². The molecule has 0 unspecified atom stereocenters. The molecule has 0 N–H and O–H groups in total. The maximum atomic E-state index is 12.4. The van der Waals surface area contributed by atoms with Gasteiger partial charge in [0.05, 0.1) is 16.5 Å². The van der Waals surface area contributed by atoms with Crippen LogP contribution in [-0.2, 0) is 22.9 Å². The molecular formula is C14H22BO5P. The topological polar surface area (TPSA) is 54.0 Å². The van der Waals surface area contributed by atoms with Crippen molar-refractivity contribution in [3.05, 3.63) is 24.3 Å². The highest BCUT2D eigenvalue weighted by Crippen LogP contribution is 2.44. The summed E-state index contributed by atoms with van der Waals surface area (Å²) in [7, 11) is -1.05. The molecule has 1 fully saturated rings. The molecule has 1 aromatic rings. The predicted molar refractivity (Wildman–Crippen MR) is 83.4 cm³/mol. The quantitative estimate of drug-likeness (QED) is 0.629. The van der Waals surface area contributed by atoms with E-state index in [4.69, 9.17) is 18.4 Å².